The maximum atomic E-state index is 12.7. The highest BCUT2D eigenvalue weighted by Gasteiger charge is 2.22. The van der Waals surface area contributed by atoms with Crippen LogP contribution in [0.15, 0.2) is 65.6 Å². The zero-order chi connectivity index (χ0) is 20.3. The molecular formula is C20H17NO6S. The van der Waals surface area contributed by atoms with Crippen molar-refractivity contribution in [3.63, 3.8) is 0 Å². The van der Waals surface area contributed by atoms with E-state index >= 15 is 0 Å². The molecule has 0 fully saturated rings. The molecule has 0 aliphatic rings. The SMILES string of the molecule is COC(=O)c1cc2ccccc2cc1OS(=O)(=O)c1ccc(NC(C)=O)cc1. The second-order valence-corrected chi connectivity index (χ2v) is 7.48. The molecule has 0 unspecified atom stereocenters. The lowest BCUT2D eigenvalue weighted by atomic mass is 10.1. The van der Waals surface area contributed by atoms with Gasteiger partial charge in [-0.15, -0.1) is 0 Å². The number of esters is 1. The van der Waals surface area contributed by atoms with Crippen molar-refractivity contribution in [2.45, 2.75) is 11.8 Å². The summed E-state index contributed by atoms with van der Waals surface area (Å²) < 4.78 is 35.3. The lowest BCUT2D eigenvalue weighted by Crippen LogP contribution is -2.13. The number of ether oxygens (including phenoxy) is 1. The minimum Gasteiger partial charge on any atom is -0.465 e. The van der Waals surface area contributed by atoms with E-state index in [-0.39, 0.29) is 22.1 Å². The Morgan fingerprint density at radius 2 is 1.54 bits per heavy atom. The molecule has 0 radical (unpaired) electrons. The molecule has 7 nitrogen and oxygen atoms in total. The summed E-state index contributed by atoms with van der Waals surface area (Å²) in [7, 11) is -3.01. The molecule has 0 aromatic heterocycles. The predicted octanol–water partition coefficient (Wildman–Crippen LogP) is 3.35. The van der Waals surface area contributed by atoms with Crippen LogP contribution in [0, 0.1) is 0 Å². The number of carbonyl (C=O) groups is 2. The van der Waals surface area contributed by atoms with Crippen LogP contribution in [0.5, 0.6) is 5.75 Å². The van der Waals surface area contributed by atoms with Gasteiger partial charge in [0.1, 0.15) is 10.5 Å². The lowest BCUT2D eigenvalue weighted by Gasteiger charge is -2.12. The minimum absolute atomic E-state index is 0.000332. The van der Waals surface area contributed by atoms with Gasteiger partial charge < -0.3 is 14.2 Å². The van der Waals surface area contributed by atoms with Crippen molar-refractivity contribution >= 4 is 38.5 Å². The van der Waals surface area contributed by atoms with Crippen molar-refractivity contribution in [2.75, 3.05) is 12.4 Å². The normalized spacial score (nSPS) is 11.1. The van der Waals surface area contributed by atoms with Crippen molar-refractivity contribution in [1.29, 1.82) is 0 Å². The van der Waals surface area contributed by atoms with Crippen LogP contribution in [0.25, 0.3) is 10.8 Å². The lowest BCUT2D eigenvalue weighted by molar-refractivity contribution is -0.114. The molecule has 3 aromatic rings. The molecule has 0 atom stereocenters. The van der Waals surface area contributed by atoms with Gasteiger partial charge in [-0.05, 0) is 47.2 Å². The molecule has 1 amide bonds. The predicted molar refractivity (Wildman–Crippen MR) is 104 cm³/mol. The third-order valence-electron chi connectivity index (χ3n) is 3.92. The zero-order valence-corrected chi connectivity index (χ0v) is 15.9. The topological polar surface area (TPSA) is 98.8 Å². The number of amides is 1. The number of fused-ring (bicyclic) bond motifs is 1. The number of rotatable bonds is 5. The summed E-state index contributed by atoms with van der Waals surface area (Å²) in [4.78, 5) is 23.1. The number of benzene rings is 3. The number of methoxy groups -OCH3 is 1. The van der Waals surface area contributed by atoms with Crippen LogP contribution in [-0.4, -0.2) is 27.4 Å². The molecule has 0 aliphatic heterocycles. The fraction of sp³-hybridized carbons (Fsp3) is 0.100. The van der Waals surface area contributed by atoms with E-state index in [1.54, 1.807) is 24.3 Å². The number of nitrogens with one attached hydrogen (secondary N) is 1. The smallest absolute Gasteiger partial charge is 0.341 e. The highest BCUT2D eigenvalue weighted by Crippen LogP contribution is 2.29. The average molecular weight is 399 g/mol. The molecule has 0 bridgehead atoms. The maximum absolute atomic E-state index is 12.7. The Kier molecular flexibility index (Phi) is 5.32. The number of carbonyl (C=O) groups excluding carboxylic acids is 2. The highest BCUT2D eigenvalue weighted by atomic mass is 32.2. The van der Waals surface area contributed by atoms with Crippen molar-refractivity contribution in [3.05, 3.63) is 66.2 Å². The van der Waals surface area contributed by atoms with E-state index in [2.05, 4.69) is 5.32 Å². The van der Waals surface area contributed by atoms with Crippen molar-refractivity contribution < 1.29 is 26.9 Å². The Bertz CT molecular complexity index is 1150. The van der Waals surface area contributed by atoms with Crippen molar-refractivity contribution in [2.24, 2.45) is 0 Å². The molecule has 0 heterocycles. The largest absolute Gasteiger partial charge is 0.465 e. The zero-order valence-electron chi connectivity index (χ0n) is 15.1. The number of anilines is 1. The van der Waals surface area contributed by atoms with Crippen LogP contribution in [0.4, 0.5) is 5.69 Å². The molecule has 28 heavy (non-hydrogen) atoms. The molecule has 0 spiro atoms. The van der Waals surface area contributed by atoms with Crippen LogP contribution in [0.3, 0.4) is 0 Å². The number of hydrogen-bond donors (Lipinski definition) is 1. The molecule has 3 rings (SSSR count). The third-order valence-corrected chi connectivity index (χ3v) is 5.16. The Morgan fingerprint density at radius 1 is 0.929 bits per heavy atom. The van der Waals surface area contributed by atoms with Crippen LogP contribution in [0.1, 0.15) is 17.3 Å². The molecule has 0 saturated carbocycles. The summed E-state index contributed by atoms with van der Waals surface area (Å²) in [6.45, 7) is 1.35. The standard InChI is InChI=1S/C20H17NO6S/c1-13(22)21-16-7-9-17(10-8-16)28(24,25)27-19-12-15-6-4-3-5-14(15)11-18(19)20(23)26-2/h3-12H,1-2H3,(H,21,22). The Balaban J connectivity index is 2.00. The van der Waals surface area contributed by atoms with Gasteiger partial charge in [0, 0.05) is 12.6 Å². The fourth-order valence-electron chi connectivity index (χ4n) is 2.63. The summed E-state index contributed by atoms with van der Waals surface area (Å²) in [5, 5.41) is 4.00. The first-order chi connectivity index (χ1) is 13.3. The van der Waals surface area contributed by atoms with E-state index < -0.39 is 16.1 Å². The summed E-state index contributed by atoms with van der Waals surface area (Å²) in [6, 6.07) is 15.7. The molecule has 0 saturated heterocycles. The monoisotopic (exact) mass is 399 g/mol. The Hall–Kier alpha value is -3.39. The van der Waals surface area contributed by atoms with Gasteiger partial charge >= 0.3 is 16.1 Å². The molecule has 8 heteroatoms. The van der Waals surface area contributed by atoms with Gasteiger partial charge in [0.15, 0.2) is 5.75 Å². The van der Waals surface area contributed by atoms with Gasteiger partial charge in [-0.1, -0.05) is 24.3 Å². The average Bonchev–Trinajstić information content (AvgIpc) is 2.66. The molecule has 0 aliphatic carbocycles. The Morgan fingerprint density at radius 3 is 2.11 bits per heavy atom. The quantitative estimate of drug-likeness (QED) is 0.522. The van der Waals surface area contributed by atoms with Crippen molar-refractivity contribution in [3.8, 4) is 5.75 Å². The van der Waals surface area contributed by atoms with Crippen LogP contribution in [0.2, 0.25) is 0 Å². The first-order valence-corrected chi connectivity index (χ1v) is 9.64. The van der Waals surface area contributed by atoms with Crippen LogP contribution in [-0.2, 0) is 19.6 Å². The summed E-state index contributed by atoms with van der Waals surface area (Å²) in [6.07, 6.45) is 0. The molecule has 3 aromatic carbocycles. The van der Waals surface area contributed by atoms with E-state index in [9.17, 15) is 18.0 Å². The Labute approximate surface area is 162 Å². The van der Waals surface area contributed by atoms with Gasteiger partial charge in [0.05, 0.1) is 7.11 Å². The van der Waals surface area contributed by atoms with Gasteiger partial charge in [0.2, 0.25) is 5.91 Å². The minimum atomic E-state index is -4.21. The van der Waals surface area contributed by atoms with E-state index in [0.29, 0.717) is 11.1 Å². The second-order valence-electron chi connectivity index (χ2n) is 5.93. The summed E-state index contributed by atoms with van der Waals surface area (Å²) in [5.41, 5.74) is 0.451. The van der Waals surface area contributed by atoms with Crippen LogP contribution < -0.4 is 9.50 Å². The molecule has 1 N–H and O–H groups in total. The van der Waals surface area contributed by atoms with E-state index in [4.69, 9.17) is 8.92 Å². The summed E-state index contributed by atoms with van der Waals surface area (Å²) >= 11 is 0. The van der Waals surface area contributed by atoms with E-state index in [1.807, 2.05) is 0 Å². The summed E-state index contributed by atoms with van der Waals surface area (Å²) in [5.74, 6) is -1.11. The molecular weight excluding hydrogens is 382 g/mol. The first kappa shape index (κ1) is 19.4. The highest BCUT2D eigenvalue weighted by molar-refractivity contribution is 7.87. The second kappa shape index (κ2) is 7.69. The van der Waals surface area contributed by atoms with E-state index in [1.165, 1.54) is 50.4 Å². The third kappa shape index (κ3) is 4.12. The number of hydrogen-bond acceptors (Lipinski definition) is 6. The van der Waals surface area contributed by atoms with Crippen LogP contribution >= 0.6 is 0 Å². The van der Waals surface area contributed by atoms with Gasteiger partial charge in [0.25, 0.3) is 0 Å². The van der Waals surface area contributed by atoms with Gasteiger partial charge in [-0.25, -0.2) is 4.79 Å². The van der Waals surface area contributed by atoms with Crippen molar-refractivity contribution in [1.82, 2.24) is 0 Å². The van der Waals surface area contributed by atoms with Gasteiger partial charge in [-0.2, -0.15) is 8.42 Å². The first-order valence-electron chi connectivity index (χ1n) is 8.23. The maximum Gasteiger partial charge on any atom is 0.341 e. The molecule has 144 valence electrons. The van der Waals surface area contributed by atoms with Gasteiger partial charge in [-0.3, -0.25) is 4.79 Å². The van der Waals surface area contributed by atoms with E-state index in [0.717, 1.165) is 5.39 Å². The fourth-order valence-corrected chi connectivity index (χ4v) is 3.57.